The van der Waals surface area contributed by atoms with E-state index in [0.29, 0.717) is 29.4 Å². The van der Waals surface area contributed by atoms with E-state index in [1.807, 2.05) is 24.3 Å². The van der Waals surface area contributed by atoms with Crippen molar-refractivity contribution < 1.29 is 4.79 Å². The van der Waals surface area contributed by atoms with Crippen molar-refractivity contribution in [3.63, 3.8) is 0 Å². The van der Waals surface area contributed by atoms with Crippen molar-refractivity contribution in [2.45, 2.75) is 19.3 Å². The maximum Gasteiger partial charge on any atom is 0.220 e. The fourth-order valence-corrected chi connectivity index (χ4v) is 2.72. The summed E-state index contributed by atoms with van der Waals surface area (Å²) in [5.41, 5.74) is 9.00. The van der Waals surface area contributed by atoms with Gasteiger partial charge in [0.05, 0.1) is 16.4 Å². The summed E-state index contributed by atoms with van der Waals surface area (Å²) in [7, 11) is 0. The summed E-state index contributed by atoms with van der Waals surface area (Å²) in [6, 6.07) is 7.91. The Morgan fingerprint density at radius 3 is 2.62 bits per heavy atom. The molecule has 1 aliphatic heterocycles. The molecule has 6 heteroatoms. The number of carbonyl (C=O) groups excluding carboxylic acids is 1. The number of nitrogens with zero attached hydrogens (tertiary/aromatic N) is 2. The van der Waals surface area contributed by atoms with E-state index in [0.717, 1.165) is 11.1 Å². The van der Waals surface area contributed by atoms with Crippen LogP contribution in [0.25, 0.3) is 11.3 Å². The summed E-state index contributed by atoms with van der Waals surface area (Å²) in [6.07, 6.45) is 0.541. The lowest BCUT2D eigenvalue weighted by Gasteiger charge is -2.10. The SMILES string of the molecule is Cc1nc(N)nc(-c2ccc(C3CNC(=O)C3)cc2)c1Cl. The third-order valence-electron chi connectivity index (χ3n) is 3.67. The number of carbonyl (C=O) groups is 1. The van der Waals surface area contributed by atoms with Gasteiger partial charge in [-0.15, -0.1) is 0 Å². The van der Waals surface area contributed by atoms with Crippen LogP contribution in [-0.4, -0.2) is 22.4 Å². The van der Waals surface area contributed by atoms with Gasteiger partial charge in [-0.3, -0.25) is 4.79 Å². The van der Waals surface area contributed by atoms with E-state index < -0.39 is 0 Å². The molecule has 0 radical (unpaired) electrons. The first-order valence-corrected chi connectivity index (χ1v) is 7.09. The van der Waals surface area contributed by atoms with Crippen LogP contribution in [0.4, 0.5) is 5.95 Å². The number of rotatable bonds is 2. The lowest BCUT2D eigenvalue weighted by atomic mass is 9.96. The van der Waals surface area contributed by atoms with Crippen LogP contribution >= 0.6 is 11.6 Å². The van der Waals surface area contributed by atoms with Crippen LogP contribution in [0.2, 0.25) is 5.02 Å². The van der Waals surface area contributed by atoms with Crippen LogP contribution in [0, 0.1) is 6.92 Å². The number of anilines is 1. The first kappa shape index (κ1) is 13.8. The molecule has 1 unspecified atom stereocenters. The van der Waals surface area contributed by atoms with Gasteiger partial charge in [0, 0.05) is 24.4 Å². The molecule has 1 aromatic heterocycles. The van der Waals surface area contributed by atoms with E-state index in [9.17, 15) is 4.79 Å². The van der Waals surface area contributed by atoms with E-state index in [-0.39, 0.29) is 17.8 Å². The van der Waals surface area contributed by atoms with Crippen LogP contribution in [0.5, 0.6) is 0 Å². The predicted octanol–water partition coefficient (Wildman–Crippen LogP) is 2.29. The van der Waals surface area contributed by atoms with E-state index in [4.69, 9.17) is 17.3 Å². The minimum atomic E-state index is 0.103. The zero-order valence-electron chi connectivity index (χ0n) is 11.6. The second-order valence-electron chi connectivity index (χ2n) is 5.16. The summed E-state index contributed by atoms with van der Waals surface area (Å²) < 4.78 is 0. The highest BCUT2D eigenvalue weighted by Gasteiger charge is 2.23. The molecule has 1 amide bonds. The molecule has 1 aromatic carbocycles. The largest absolute Gasteiger partial charge is 0.368 e. The predicted molar refractivity (Wildman–Crippen MR) is 82.0 cm³/mol. The molecule has 1 aliphatic rings. The summed E-state index contributed by atoms with van der Waals surface area (Å²) in [5.74, 6) is 0.548. The van der Waals surface area contributed by atoms with Gasteiger partial charge in [-0.1, -0.05) is 35.9 Å². The van der Waals surface area contributed by atoms with Gasteiger partial charge in [0.1, 0.15) is 0 Å². The van der Waals surface area contributed by atoms with Gasteiger partial charge in [-0.05, 0) is 12.5 Å². The number of nitrogens with one attached hydrogen (secondary N) is 1. The first-order valence-electron chi connectivity index (χ1n) is 6.71. The van der Waals surface area contributed by atoms with Gasteiger partial charge in [-0.2, -0.15) is 0 Å². The summed E-state index contributed by atoms with van der Waals surface area (Å²) in [5, 5.41) is 3.35. The third kappa shape index (κ3) is 2.69. The zero-order chi connectivity index (χ0) is 15.0. The van der Waals surface area contributed by atoms with Crippen LogP contribution in [0.1, 0.15) is 23.6 Å². The van der Waals surface area contributed by atoms with Crippen LogP contribution in [0.15, 0.2) is 24.3 Å². The van der Waals surface area contributed by atoms with Crippen molar-refractivity contribution in [3.05, 3.63) is 40.5 Å². The Bertz CT molecular complexity index is 700. The third-order valence-corrected chi connectivity index (χ3v) is 4.12. The fraction of sp³-hybridized carbons (Fsp3) is 0.267. The molecular formula is C15H15ClN4O. The Balaban J connectivity index is 1.93. The van der Waals surface area contributed by atoms with Gasteiger partial charge in [0.2, 0.25) is 11.9 Å². The highest BCUT2D eigenvalue weighted by Crippen LogP contribution is 2.30. The van der Waals surface area contributed by atoms with Crippen LogP contribution in [0.3, 0.4) is 0 Å². The number of amides is 1. The van der Waals surface area contributed by atoms with Gasteiger partial charge in [-0.25, -0.2) is 9.97 Å². The number of aryl methyl sites for hydroxylation is 1. The Labute approximate surface area is 127 Å². The minimum Gasteiger partial charge on any atom is -0.368 e. The van der Waals surface area contributed by atoms with E-state index in [2.05, 4.69) is 15.3 Å². The maximum absolute atomic E-state index is 11.3. The number of hydrogen-bond acceptors (Lipinski definition) is 4. The number of halogens is 1. The number of nitrogens with two attached hydrogens (primary N) is 1. The standard InChI is InChI=1S/C15H15ClN4O/c1-8-13(16)14(20-15(17)19-8)10-4-2-9(3-5-10)11-6-12(21)18-7-11/h2-5,11H,6-7H2,1H3,(H,18,21)(H2,17,19,20). The highest BCUT2D eigenvalue weighted by atomic mass is 35.5. The molecular weight excluding hydrogens is 288 g/mol. The normalized spacial score (nSPS) is 17.8. The zero-order valence-corrected chi connectivity index (χ0v) is 12.3. The molecule has 5 nitrogen and oxygen atoms in total. The quantitative estimate of drug-likeness (QED) is 0.892. The first-order chi connectivity index (χ1) is 10.0. The number of benzene rings is 1. The fourth-order valence-electron chi connectivity index (χ4n) is 2.53. The molecule has 0 bridgehead atoms. The average molecular weight is 303 g/mol. The molecule has 1 atom stereocenters. The summed E-state index contributed by atoms with van der Waals surface area (Å²) in [4.78, 5) is 19.5. The van der Waals surface area contributed by atoms with Crippen molar-refractivity contribution in [1.29, 1.82) is 0 Å². The number of nitrogen functional groups attached to an aromatic ring is 1. The molecule has 1 saturated heterocycles. The second kappa shape index (κ2) is 5.33. The molecule has 2 heterocycles. The lowest BCUT2D eigenvalue weighted by molar-refractivity contribution is -0.119. The Hall–Kier alpha value is -2.14. The summed E-state index contributed by atoms with van der Waals surface area (Å²) >= 11 is 6.25. The Kier molecular flexibility index (Phi) is 3.51. The van der Waals surface area contributed by atoms with Crippen molar-refractivity contribution >= 4 is 23.5 Å². The summed E-state index contributed by atoms with van der Waals surface area (Å²) in [6.45, 7) is 2.49. The Morgan fingerprint density at radius 1 is 1.29 bits per heavy atom. The smallest absolute Gasteiger partial charge is 0.220 e. The van der Waals surface area contributed by atoms with E-state index >= 15 is 0 Å². The minimum absolute atomic E-state index is 0.103. The molecule has 21 heavy (non-hydrogen) atoms. The molecule has 3 rings (SSSR count). The van der Waals surface area contributed by atoms with Gasteiger partial charge < -0.3 is 11.1 Å². The molecule has 108 valence electrons. The Morgan fingerprint density at radius 2 is 2.00 bits per heavy atom. The van der Waals surface area contributed by atoms with Crippen LogP contribution in [-0.2, 0) is 4.79 Å². The molecule has 0 saturated carbocycles. The topological polar surface area (TPSA) is 80.9 Å². The highest BCUT2D eigenvalue weighted by molar-refractivity contribution is 6.33. The molecule has 3 N–H and O–H groups in total. The molecule has 1 fully saturated rings. The second-order valence-corrected chi connectivity index (χ2v) is 5.53. The lowest BCUT2D eigenvalue weighted by Crippen LogP contribution is -2.13. The van der Waals surface area contributed by atoms with Gasteiger partial charge in [0.15, 0.2) is 0 Å². The van der Waals surface area contributed by atoms with Crippen molar-refractivity contribution in [1.82, 2.24) is 15.3 Å². The van der Waals surface area contributed by atoms with Crippen LogP contribution < -0.4 is 11.1 Å². The average Bonchev–Trinajstić information content (AvgIpc) is 2.90. The van der Waals surface area contributed by atoms with Crippen molar-refractivity contribution in [3.8, 4) is 11.3 Å². The number of aromatic nitrogens is 2. The van der Waals surface area contributed by atoms with Gasteiger partial charge >= 0.3 is 0 Å². The van der Waals surface area contributed by atoms with E-state index in [1.54, 1.807) is 6.92 Å². The number of hydrogen-bond donors (Lipinski definition) is 2. The van der Waals surface area contributed by atoms with Crippen molar-refractivity contribution in [2.24, 2.45) is 0 Å². The maximum atomic E-state index is 11.3. The van der Waals surface area contributed by atoms with Crippen molar-refractivity contribution in [2.75, 3.05) is 12.3 Å². The molecule has 0 spiro atoms. The van der Waals surface area contributed by atoms with E-state index in [1.165, 1.54) is 0 Å². The molecule has 0 aliphatic carbocycles. The van der Waals surface area contributed by atoms with Gasteiger partial charge in [0.25, 0.3) is 0 Å². The monoisotopic (exact) mass is 302 g/mol. The molecule has 2 aromatic rings.